The molecule has 0 amide bonds. The molecule has 4 nitrogen and oxygen atoms in total. The predicted molar refractivity (Wildman–Crippen MR) is 50.6 cm³/mol. The fraction of sp³-hybridized carbons (Fsp3) is 0.250. The van der Waals surface area contributed by atoms with Crippen LogP contribution in [0.1, 0.15) is 5.56 Å². The molecule has 0 aliphatic rings. The van der Waals surface area contributed by atoms with Crippen molar-refractivity contribution in [3.8, 4) is 5.75 Å². The molecule has 1 unspecified atom stereocenters. The van der Waals surface area contributed by atoms with Crippen molar-refractivity contribution in [1.29, 1.82) is 0 Å². The van der Waals surface area contributed by atoms with Gasteiger partial charge in [0.1, 0.15) is 5.75 Å². The van der Waals surface area contributed by atoms with E-state index in [0.717, 1.165) is 11.3 Å². The van der Waals surface area contributed by atoms with Gasteiger partial charge in [-0.15, -0.1) is 0 Å². The number of hydrogen-bond acceptors (Lipinski definition) is 2. The van der Waals surface area contributed by atoms with Crippen molar-refractivity contribution in [1.82, 2.24) is 4.72 Å². The van der Waals surface area contributed by atoms with E-state index in [-0.39, 0.29) is 0 Å². The maximum atomic E-state index is 10.3. The summed E-state index contributed by atoms with van der Waals surface area (Å²) in [6, 6.07) is 7.30. The zero-order valence-corrected chi connectivity index (χ0v) is 8.00. The number of ether oxygens (including phenoxy) is 1. The molecule has 0 spiro atoms. The first kappa shape index (κ1) is 10.2. The molecular formula is C8H11NO3S. The van der Waals surface area contributed by atoms with Gasteiger partial charge >= 0.3 is 0 Å². The number of nitrogens with one attached hydrogen (secondary N) is 1. The van der Waals surface area contributed by atoms with Crippen LogP contribution in [-0.4, -0.2) is 15.9 Å². The predicted octanol–water partition coefficient (Wildman–Crippen LogP) is 0.921. The van der Waals surface area contributed by atoms with Gasteiger partial charge in [-0.2, -0.15) is 0 Å². The van der Waals surface area contributed by atoms with Crippen LogP contribution in [0.15, 0.2) is 24.3 Å². The van der Waals surface area contributed by atoms with Crippen LogP contribution < -0.4 is 9.46 Å². The minimum atomic E-state index is -1.97. The van der Waals surface area contributed by atoms with E-state index < -0.39 is 11.3 Å². The maximum absolute atomic E-state index is 10.3. The van der Waals surface area contributed by atoms with E-state index in [1.807, 2.05) is 18.2 Å². The van der Waals surface area contributed by atoms with Gasteiger partial charge in [-0.25, -0.2) is 8.93 Å². The van der Waals surface area contributed by atoms with Crippen LogP contribution in [0.4, 0.5) is 0 Å². The van der Waals surface area contributed by atoms with E-state index >= 15 is 0 Å². The van der Waals surface area contributed by atoms with E-state index in [4.69, 9.17) is 9.29 Å². The van der Waals surface area contributed by atoms with Crippen molar-refractivity contribution < 1.29 is 13.5 Å². The van der Waals surface area contributed by atoms with Crippen LogP contribution in [-0.2, 0) is 17.8 Å². The fourth-order valence-electron chi connectivity index (χ4n) is 0.927. The van der Waals surface area contributed by atoms with Crippen LogP contribution in [0.25, 0.3) is 0 Å². The minimum Gasteiger partial charge on any atom is -0.497 e. The molecule has 0 radical (unpaired) electrons. The van der Waals surface area contributed by atoms with Gasteiger partial charge in [0, 0.05) is 6.54 Å². The van der Waals surface area contributed by atoms with Crippen molar-refractivity contribution in [3.05, 3.63) is 29.8 Å². The lowest BCUT2D eigenvalue weighted by Gasteiger charge is -2.03. The molecule has 0 saturated carbocycles. The summed E-state index contributed by atoms with van der Waals surface area (Å²) in [5.41, 5.74) is 0.904. The third-order valence-corrected chi connectivity index (χ3v) is 1.93. The van der Waals surface area contributed by atoms with Gasteiger partial charge in [0.15, 0.2) is 0 Å². The summed E-state index contributed by atoms with van der Waals surface area (Å²) in [7, 11) is 1.58. The summed E-state index contributed by atoms with van der Waals surface area (Å²) in [5.74, 6) is 0.739. The largest absolute Gasteiger partial charge is 0.497 e. The lowest BCUT2D eigenvalue weighted by Crippen LogP contribution is -2.15. The average molecular weight is 201 g/mol. The second-order valence-electron chi connectivity index (χ2n) is 2.42. The normalized spacial score (nSPS) is 12.5. The van der Waals surface area contributed by atoms with Crippen LogP contribution in [0.5, 0.6) is 5.75 Å². The Labute approximate surface area is 79.3 Å². The summed E-state index contributed by atoms with van der Waals surface area (Å²) < 4.78 is 26.1. The second-order valence-corrected chi connectivity index (χ2v) is 3.21. The van der Waals surface area contributed by atoms with Crippen LogP contribution in [0, 0.1) is 0 Å². The first-order valence-corrected chi connectivity index (χ1v) is 4.80. The Bertz CT molecular complexity index is 303. The van der Waals surface area contributed by atoms with Gasteiger partial charge < -0.3 is 4.74 Å². The zero-order chi connectivity index (χ0) is 9.68. The molecule has 0 heterocycles. The average Bonchev–Trinajstić information content (AvgIpc) is 2.15. The monoisotopic (exact) mass is 201 g/mol. The lowest BCUT2D eigenvalue weighted by molar-refractivity contribution is 0.414. The molecule has 13 heavy (non-hydrogen) atoms. The van der Waals surface area contributed by atoms with E-state index in [1.54, 1.807) is 13.2 Å². The topological polar surface area (TPSA) is 58.6 Å². The quantitative estimate of drug-likeness (QED) is 0.712. The molecule has 5 heteroatoms. The summed E-state index contributed by atoms with van der Waals surface area (Å²) in [6.45, 7) is 0.348. The highest BCUT2D eigenvalue weighted by Gasteiger charge is 1.96. The van der Waals surface area contributed by atoms with Gasteiger partial charge in [-0.3, -0.25) is 4.55 Å². The van der Waals surface area contributed by atoms with E-state index in [0.29, 0.717) is 6.54 Å². The van der Waals surface area contributed by atoms with Gasteiger partial charge in [-0.05, 0) is 17.7 Å². The maximum Gasteiger partial charge on any atom is 0.232 e. The third kappa shape index (κ3) is 3.54. The molecule has 1 aromatic carbocycles. The number of rotatable bonds is 4. The fourth-order valence-corrected chi connectivity index (χ4v) is 1.22. The molecule has 0 aliphatic heterocycles. The minimum absolute atomic E-state index is 0.348. The SMILES string of the molecule is COc1cccc(CNS(=O)O)c1. The molecule has 1 atom stereocenters. The Morgan fingerprint density at radius 3 is 3.00 bits per heavy atom. The smallest absolute Gasteiger partial charge is 0.232 e. The highest BCUT2D eigenvalue weighted by Crippen LogP contribution is 2.11. The molecule has 0 aromatic heterocycles. The molecule has 0 bridgehead atoms. The van der Waals surface area contributed by atoms with E-state index in [2.05, 4.69) is 4.72 Å². The number of methoxy groups -OCH3 is 1. The summed E-state index contributed by atoms with van der Waals surface area (Å²) >= 11 is -1.97. The van der Waals surface area contributed by atoms with Crippen molar-refractivity contribution in [2.75, 3.05) is 7.11 Å². The summed E-state index contributed by atoms with van der Waals surface area (Å²) in [6.07, 6.45) is 0. The van der Waals surface area contributed by atoms with Crippen LogP contribution >= 0.6 is 0 Å². The standard InChI is InChI=1S/C8H11NO3S/c1-12-8-4-2-3-7(5-8)6-9-13(10)11/h2-5,9H,6H2,1H3,(H,10,11). The molecule has 0 aliphatic carbocycles. The number of hydrogen-bond donors (Lipinski definition) is 2. The number of benzene rings is 1. The molecule has 1 aromatic rings. The zero-order valence-electron chi connectivity index (χ0n) is 7.19. The Hall–Kier alpha value is -0.910. The third-order valence-electron chi connectivity index (χ3n) is 1.53. The first-order valence-electron chi connectivity index (χ1n) is 3.69. The van der Waals surface area contributed by atoms with Crippen molar-refractivity contribution in [3.63, 3.8) is 0 Å². The molecule has 0 fully saturated rings. The Morgan fingerprint density at radius 1 is 1.62 bits per heavy atom. The molecule has 1 rings (SSSR count). The van der Waals surface area contributed by atoms with Gasteiger partial charge in [0.25, 0.3) is 0 Å². The highest BCUT2D eigenvalue weighted by molar-refractivity contribution is 7.77. The van der Waals surface area contributed by atoms with Crippen molar-refractivity contribution in [2.24, 2.45) is 0 Å². The van der Waals surface area contributed by atoms with Crippen molar-refractivity contribution in [2.45, 2.75) is 6.54 Å². The van der Waals surface area contributed by atoms with Crippen LogP contribution in [0.3, 0.4) is 0 Å². The van der Waals surface area contributed by atoms with Gasteiger partial charge in [0.2, 0.25) is 11.3 Å². The molecule has 0 saturated heterocycles. The van der Waals surface area contributed by atoms with Gasteiger partial charge in [-0.1, -0.05) is 12.1 Å². The van der Waals surface area contributed by atoms with Gasteiger partial charge in [0.05, 0.1) is 7.11 Å². The Kier molecular flexibility index (Phi) is 3.88. The van der Waals surface area contributed by atoms with E-state index in [1.165, 1.54) is 0 Å². The summed E-state index contributed by atoms with van der Waals surface area (Å²) in [5, 5.41) is 0. The lowest BCUT2D eigenvalue weighted by atomic mass is 10.2. The highest BCUT2D eigenvalue weighted by atomic mass is 32.2. The summed E-state index contributed by atoms with van der Waals surface area (Å²) in [4.78, 5) is 0. The molecule has 2 N–H and O–H groups in total. The molecular weight excluding hydrogens is 190 g/mol. The van der Waals surface area contributed by atoms with Crippen molar-refractivity contribution >= 4 is 11.3 Å². The molecule has 72 valence electrons. The Morgan fingerprint density at radius 2 is 2.38 bits per heavy atom. The second kappa shape index (κ2) is 4.96. The first-order chi connectivity index (χ1) is 6.22. The Balaban J connectivity index is 2.61. The van der Waals surface area contributed by atoms with Crippen LogP contribution in [0.2, 0.25) is 0 Å². The van der Waals surface area contributed by atoms with E-state index in [9.17, 15) is 4.21 Å².